The Kier molecular flexibility index (Phi) is 3.39. The molecule has 1 aliphatic heterocycles. The summed E-state index contributed by atoms with van der Waals surface area (Å²) in [5.41, 5.74) is 0.999. The van der Waals surface area contributed by atoms with Crippen LogP contribution in [0.15, 0.2) is 24.3 Å². The van der Waals surface area contributed by atoms with Crippen molar-refractivity contribution in [3.05, 3.63) is 29.8 Å². The van der Waals surface area contributed by atoms with Crippen LogP contribution >= 0.6 is 0 Å². The average Bonchev–Trinajstić information content (AvgIpc) is 2.16. The third kappa shape index (κ3) is 3.47. The lowest BCUT2D eigenvalue weighted by atomic mass is 9.98. The number of hydrogen-bond donors (Lipinski definition) is 1. The van der Waals surface area contributed by atoms with Crippen LogP contribution in [0.3, 0.4) is 0 Å². The van der Waals surface area contributed by atoms with Crippen molar-refractivity contribution in [2.45, 2.75) is 45.4 Å². The second-order valence-electron chi connectivity index (χ2n) is 6.43. The molecule has 0 bridgehead atoms. The van der Waals surface area contributed by atoms with E-state index in [0.29, 0.717) is 5.75 Å². The molecule has 1 fully saturated rings. The second kappa shape index (κ2) is 4.56. The molecular weight excluding hydrogens is 226 g/mol. The minimum atomic E-state index is -0.112. The third-order valence-corrected chi connectivity index (χ3v) is 3.10. The van der Waals surface area contributed by atoms with Gasteiger partial charge < -0.3 is 9.84 Å². The fourth-order valence-corrected chi connectivity index (χ4v) is 2.92. The highest BCUT2D eigenvalue weighted by Crippen LogP contribution is 2.29. The van der Waals surface area contributed by atoms with E-state index in [-0.39, 0.29) is 11.2 Å². The molecule has 1 saturated heterocycles. The maximum Gasteiger partial charge on any atom is 0.115 e. The molecule has 0 spiro atoms. The SMILES string of the molecule is CC1(C)CN(Cc2ccc(O)cc2)CC(C)(C)O1. The highest BCUT2D eigenvalue weighted by Gasteiger charge is 2.37. The van der Waals surface area contributed by atoms with Crippen molar-refractivity contribution in [1.82, 2.24) is 4.90 Å². The van der Waals surface area contributed by atoms with Crippen LogP contribution in [-0.4, -0.2) is 34.3 Å². The van der Waals surface area contributed by atoms with Crippen LogP contribution in [-0.2, 0) is 11.3 Å². The Morgan fingerprint density at radius 3 is 2.06 bits per heavy atom. The predicted molar refractivity (Wildman–Crippen MR) is 72.6 cm³/mol. The van der Waals surface area contributed by atoms with E-state index in [1.54, 1.807) is 12.1 Å². The topological polar surface area (TPSA) is 32.7 Å². The molecule has 0 unspecified atom stereocenters. The number of nitrogens with zero attached hydrogens (tertiary/aromatic N) is 1. The van der Waals surface area contributed by atoms with Gasteiger partial charge in [-0.1, -0.05) is 12.1 Å². The van der Waals surface area contributed by atoms with Crippen molar-refractivity contribution in [2.24, 2.45) is 0 Å². The van der Waals surface area contributed by atoms with Crippen LogP contribution in [0.25, 0.3) is 0 Å². The molecule has 3 heteroatoms. The van der Waals surface area contributed by atoms with Gasteiger partial charge in [0.2, 0.25) is 0 Å². The predicted octanol–water partition coefficient (Wildman–Crippen LogP) is 2.78. The molecule has 0 atom stereocenters. The zero-order chi connectivity index (χ0) is 13.4. The highest BCUT2D eigenvalue weighted by molar-refractivity contribution is 5.25. The highest BCUT2D eigenvalue weighted by atomic mass is 16.5. The van der Waals surface area contributed by atoms with E-state index in [0.717, 1.165) is 19.6 Å². The summed E-state index contributed by atoms with van der Waals surface area (Å²) in [4.78, 5) is 2.41. The van der Waals surface area contributed by atoms with Gasteiger partial charge in [0.25, 0.3) is 0 Å². The van der Waals surface area contributed by atoms with Gasteiger partial charge in [0.05, 0.1) is 11.2 Å². The molecule has 1 aromatic rings. The van der Waals surface area contributed by atoms with Gasteiger partial charge in [-0.3, -0.25) is 4.90 Å². The lowest BCUT2D eigenvalue weighted by Gasteiger charge is -2.47. The Hall–Kier alpha value is -1.06. The molecule has 0 aromatic heterocycles. The lowest BCUT2D eigenvalue weighted by Crippen LogP contribution is -2.56. The monoisotopic (exact) mass is 249 g/mol. The summed E-state index contributed by atoms with van der Waals surface area (Å²) in [5, 5.41) is 9.30. The van der Waals surface area contributed by atoms with Crippen LogP contribution < -0.4 is 0 Å². The molecule has 0 aliphatic carbocycles. The summed E-state index contributed by atoms with van der Waals surface area (Å²) in [7, 11) is 0. The van der Waals surface area contributed by atoms with Gasteiger partial charge >= 0.3 is 0 Å². The maximum absolute atomic E-state index is 9.30. The average molecular weight is 249 g/mol. The van der Waals surface area contributed by atoms with Crippen LogP contribution in [0.5, 0.6) is 5.75 Å². The zero-order valence-corrected chi connectivity index (χ0v) is 11.7. The number of aromatic hydroxyl groups is 1. The fourth-order valence-electron chi connectivity index (χ4n) is 2.92. The number of rotatable bonds is 2. The molecule has 100 valence electrons. The van der Waals surface area contributed by atoms with Gasteiger partial charge in [0.15, 0.2) is 0 Å². The normalized spacial score (nSPS) is 22.9. The van der Waals surface area contributed by atoms with E-state index in [9.17, 15) is 5.11 Å². The van der Waals surface area contributed by atoms with Crippen molar-refractivity contribution < 1.29 is 9.84 Å². The Labute approximate surface area is 109 Å². The van der Waals surface area contributed by atoms with Crippen molar-refractivity contribution in [3.63, 3.8) is 0 Å². The first-order valence-corrected chi connectivity index (χ1v) is 6.46. The smallest absolute Gasteiger partial charge is 0.115 e. The molecule has 0 amide bonds. The summed E-state index contributed by atoms with van der Waals surface area (Å²) in [6.07, 6.45) is 0. The zero-order valence-electron chi connectivity index (χ0n) is 11.7. The molecular formula is C15H23NO2. The molecule has 1 aliphatic rings. The van der Waals surface area contributed by atoms with Gasteiger partial charge in [0, 0.05) is 19.6 Å². The Morgan fingerprint density at radius 2 is 1.56 bits per heavy atom. The number of phenolic OH excluding ortho intramolecular Hbond substituents is 1. The minimum absolute atomic E-state index is 0.112. The van der Waals surface area contributed by atoms with Gasteiger partial charge in [-0.15, -0.1) is 0 Å². The molecule has 2 rings (SSSR count). The number of ether oxygens (including phenoxy) is 1. The molecule has 3 nitrogen and oxygen atoms in total. The van der Waals surface area contributed by atoms with E-state index in [2.05, 4.69) is 32.6 Å². The molecule has 1 N–H and O–H groups in total. The lowest BCUT2D eigenvalue weighted by molar-refractivity contribution is -0.182. The van der Waals surface area contributed by atoms with Gasteiger partial charge in [-0.05, 0) is 45.4 Å². The number of phenols is 1. The summed E-state index contributed by atoms with van der Waals surface area (Å²) in [6.45, 7) is 11.3. The van der Waals surface area contributed by atoms with E-state index >= 15 is 0 Å². The molecule has 18 heavy (non-hydrogen) atoms. The fraction of sp³-hybridized carbons (Fsp3) is 0.600. The molecule has 1 heterocycles. The van der Waals surface area contributed by atoms with Crippen LogP contribution in [0.4, 0.5) is 0 Å². The molecule has 1 aromatic carbocycles. The van der Waals surface area contributed by atoms with Crippen molar-refractivity contribution in [3.8, 4) is 5.75 Å². The van der Waals surface area contributed by atoms with Crippen molar-refractivity contribution >= 4 is 0 Å². The van der Waals surface area contributed by atoms with Crippen molar-refractivity contribution in [1.29, 1.82) is 0 Å². The van der Waals surface area contributed by atoms with Gasteiger partial charge in [-0.2, -0.15) is 0 Å². The standard InChI is InChI=1S/C15H23NO2/c1-14(2)10-16(11-15(3,4)18-14)9-12-5-7-13(17)8-6-12/h5-8,17H,9-11H2,1-4H3. The maximum atomic E-state index is 9.30. The number of hydrogen-bond acceptors (Lipinski definition) is 3. The number of morpholine rings is 1. The van der Waals surface area contributed by atoms with Crippen LogP contribution in [0, 0.1) is 0 Å². The Morgan fingerprint density at radius 1 is 1.06 bits per heavy atom. The van der Waals surface area contributed by atoms with Crippen LogP contribution in [0.1, 0.15) is 33.3 Å². The van der Waals surface area contributed by atoms with Gasteiger partial charge in [0.1, 0.15) is 5.75 Å². The number of benzene rings is 1. The van der Waals surface area contributed by atoms with E-state index in [1.807, 2.05) is 12.1 Å². The quantitative estimate of drug-likeness (QED) is 0.875. The van der Waals surface area contributed by atoms with E-state index in [4.69, 9.17) is 4.74 Å². The summed E-state index contributed by atoms with van der Waals surface area (Å²) >= 11 is 0. The Balaban J connectivity index is 2.07. The summed E-state index contributed by atoms with van der Waals surface area (Å²) in [6, 6.07) is 7.44. The minimum Gasteiger partial charge on any atom is -0.508 e. The van der Waals surface area contributed by atoms with Crippen molar-refractivity contribution in [2.75, 3.05) is 13.1 Å². The summed E-state index contributed by atoms with van der Waals surface area (Å²) in [5.74, 6) is 0.321. The molecule has 0 saturated carbocycles. The Bertz CT molecular complexity index is 393. The van der Waals surface area contributed by atoms with E-state index < -0.39 is 0 Å². The second-order valence-corrected chi connectivity index (χ2v) is 6.43. The van der Waals surface area contributed by atoms with Gasteiger partial charge in [-0.25, -0.2) is 0 Å². The largest absolute Gasteiger partial charge is 0.508 e. The van der Waals surface area contributed by atoms with E-state index in [1.165, 1.54) is 5.56 Å². The molecule has 0 radical (unpaired) electrons. The van der Waals surface area contributed by atoms with Crippen LogP contribution in [0.2, 0.25) is 0 Å². The first-order chi connectivity index (χ1) is 8.26. The third-order valence-electron chi connectivity index (χ3n) is 3.10. The first-order valence-electron chi connectivity index (χ1n) is 6.46. The summed E-state index contributed by atoms with van der Waals surface area (Å²) < 4.78 is 6.07. The first kappa shape index (κ1) is 13.4.